The summed E-state index contributed by atoms with van der Waals surface area (Å²) in [5.41, 5.74) is 0. The van der Waals surface area contributed by atoms with Crippen LogP contribution in [0, 0.1) is 0 Å². The van der Waals surface area contributed by atoms with Gasteiger partial charge >= 0.3 is 0 Å². The molecule has 0 amide bonds. The lowest BCUT2D eigenvalue weighted by Gasteiger charge is -2.24. The van der Waals surface area contributed by atoms with Crippen LogP contribution in [0.2, 0.25) is 0 Å². The first-order valence-corrected chi connectivity index (χ1v) is 5.97. The predicted octanol–water partition coefficient (Wildman–Crippen LogP) is 2.18. The molecule has 0 aromatic carbocycles. The van der Waals surface area contributed by atoms with Gasteiger partial charge in [-0.2, -0.15) is 0 Å². The number of methoxy groups -OCH3 is 1. The van der Waals surface area contributed by atoms with Gasteiger partial charge in [0.1, 0.15) is 0 Å². The number of carbonyl (C=O) groups is 1. The van der Waals surface area contributed by atoms with E-state index in [9.17, 15) is 4.79 Å². The molecule has 1 aromatic rings. The lowest BCUT2D eigenvalue weighted by Crippen LogP contribution is -2.31. The van der Waals surface area contributed by atoms with E-state index >= 15 is 0 Å². The fourth-order valence-corrected chi connectivity index (χ4v) is 2.97. The van der Waals surface area contributed by atoms with Gasteiger partial charge in [0, 0.05) is 13.7 Å². The fourth-order valence-electron chi connectivity index (χ4n) is 2.05. The molecule has 2 heterocycles. The van der Waals surface area contributed by atoms with Gasteiger partial charge in [0.05, 0.1) is 22.5 Å². The van der Waals surface area contributed by atoms with Crippen molar-refractivity contribution in [3.05, 3.63) is 17.0 Å². The van der Waals surface area contributed by atoms with Crippen LogP contribution < -0.4 is 4.90 Å². The molecule has 1 aliphatic rings. The Labute approximate surface area is 93.7 Å². The quantitative estimate of drug-likeness (QED) is 0.736. The van der Waals surface area contributed by atoms with Crippen molar-refractivity contribution in [2.24, 2.45) is 0 Å². The summed E-state index contributed by atoms with van der Waals surface area (Å²) in [7, 11) is 1.74. The molecule has 1 aliphatic heterocycles. The van der Waals surface area contributed by atoms with Gasteiger partial charge in [-0.1, -0.05) is 0 Å². The van der Waals surface area contributed by atoms with Gasteiger partial charge in [0.2, 0.25) is 0 Å². The molecule has 0 aliphatic carbocycles. The first-order chi connectivity index (χ1) is 7.35. The van der Waals surface area contributed by atoms with Gasteiger partial charge in [-0.25, -0.2) is 0 Å². The summed E-state index contributed by atoms with van der Waals surface area (Å²) in [6.45, 7) is 1.85. The van der Waals surface area contributed by atoms with Crippen molar-refractivity contribution in [2.75, 3.05) is 25.2 Å². The van der Waals surface area contributed by atoms with Gasteiger partial charge in [-0.15, -0.1) is 11.3 Å². The molecule has 0 unspecified atom stereocenters. The van der Waals surface area contributed by atoms with Crippen LogP contribution in [0.25, 0.3) is 0 Å². The Morgan fingerprint density at radius 1 is 1.67 bits per heavy atom. The van der Waals surface area contributed by atoms with E-state index in [-0.39, 0.29) is 0 Å². The van der Waals surface area contributed by atoms with Crippen LogP contribution in [-0.2, 0) is 4.74 Å². The second kappa shape index (κ2) is 4.77. The standard InChI is InChI=1S/C11H15NO2S/c1-14-8-9-3-2-6-12(9)11-5-4-10(7-13)15-11/h4-5,7,9H,2-3,6,8H2,1H3/t9-/m0/s1. The van der Waals surface area contributed by atoms with Crippen molar-refractivity contribution in [2.45, 2.75) is 18.9 Å². The second-order valence-electron chi connectivity index (χ2n) is 3.74. The van der Waals surface area contributed by atoms with E-state index in [0.717, 1.165) is 24.3 Å². The minimum Gasteiger partial charge on any atom is -0.383 e. The number of hydrogen-bond donors (Lipinski definition) is 0. The summed E-state index contributed by atoms with van der Waals surface area (Å²) < 4.78 is 5.20. The summed E-state index contributed by atoms with van der Waals surface area (Å²) in [4.78, 5) is 13.8. The fraction of sp³-hybridized carbons (Fsp3) is 0.545. The van der Waals surface area contributed by atoms with Gasteiger partial charge in [-0.3, -0.25) is 4.79 Å². The molecule has 15 heavy (non-hydrogen) atoms. The Morgan fingerprint density at radius 2 is 2.53 bits per heavy atom. The zero-order valence-electron chi connectivity index (χ0n) is 8.81. The Bertz CT molecular complexity index is 337. The summed E-state index contributed by atoms with van der Waals surface area (Å²) in [6, 6.07) is 4.39. The van der Waals surface area contributed by atoms with E-state index in [2.05, 4.69) is 4.90 Å². The molecule has 2 rings (SSSR count). The van der Waals surface area contributed by atoms with E-state index in [0.29, 0.717) is 6.04 Å². The highest BCUT2D eigenvalue weighted by Crippen LogP contribution is 2.31. The number of thiophene rings is 1. The molecule has 82 valence electrons. The highest BCUT2D eigenvalue weighted by atomic mass is 32.1. The Hall–Kier alpha value is -0.870. The second-order valence-corrected chi connectivity index (χ2v) is 4.83. The molecular weight excluding hydrogens is 210 g/mol. The SMILES string of the molecule is COC[C@@H]1CCCN1c1ccc(C=O)s1. The van der Waals surface area contributed by atoms with Crippen LogP contribution in [-0.4, -0.2) is 32.6 Å². The number of nitrogens with zero attached hydrogens (tertiary/aromatic N) is 1. The van der Waals surface area contributed by atoms with Crippen LogP contribution in [0.15, 0.2) is 12.1 Å². The summed E-state index contributed by atoms with van der Waals surface area (Å²) in [5.74, 6) is 0. The first-order valence-electron chi connectivity index (χ1n) is 5.15. The normalized spacial score (nSPS) is 20.9. The molecule has 4 heteroatoms. The molecule has 1 aromatic heterocycles. The van der Waals surface area contributed by atoms with E-state index < -0.39 is 0 Å². The number of carbonyl (C=O) groups excluding carboxylic acids is 1. The topological polar surface area (TPSA) is 29.5 Å². The van der Waals surface area contributed by atoms with E-state index in [1.54, 1.807) is 18.4 Å². The number of rotatable bonds is 4. The third-order valence-corrected chi connectivity index (χ3v) is 3.80. The maximum absolute atomic E-state index is 10.6. The van der Waals surface area contributed by atoms with Crippen LogP contribution in [0.3, 0.4) is 0 Å². The molecule has 3 nitrogen and oxygen atoms in total. The van der Waals surface area contributed by atoms with Gasteiger partial charge in [-0.05, 0) is 25.0 Å². The van der Waals surface area contributed by atoms with Crippen molar-refractivity contribution in [1.82, 2.24) is 0 Å². The zero-order chi connectivity index (χ0) is 10.7. The van der Waals surface area contributed by atoms with Crippen molar-refractivity contribution in [3.8, 4) is 0 Å². The molecule has 0 N–H and O–H groups in total. The highest BCUT2D eigenvalue weighted by molar-refractivity contribution is 7.17. The number of anilines is 1. The Kier molecular flexibility index (Phi) is 3.38. The van der Waals surface area contributed by atoms with Crippen molar-refractivity contribution in [1.29, 1.82) is 0 Å². The molecule has 1 fully saturated rings. The van der Waals surface area contributed by atoms with Crippen LogP contribution in [0.4, 0.5) is 5.00 Å². The zero-order valence-corrected chi connectivity index (χ0v) is 9.63. The molecular formula is C11H15NO2S. The lowest BCUT2D eigenvalue weighted by atomic mass is 10.2. The molecule has 0 radical (unpaired) electrons. The summed E-state index contributed by atoms with van der Waals surface area (Å²) in [5, 5.41) is 1.19. The maximum Gasteiger partial charge on any atom is 0.160 e. The van der Waals surface area contributed by atoms with Crippen molar-refractivity contribution < 1.29 is 9.53 Å². The number of aldehydes is 1. The minimum absolute atomic E-state index is 0.480. The van der Waals surface area contributed by atoms with Crippen molar-refractivity contribution >= 4 is 22.6 Å². The molecule has 1 saturated heterocycles. The third kappa shape index (κ3) is 2.21. The van der Waals surface area contributed by atoms with E-state index in [1.807, 2.05) is 12.1 Å². The summed E-state index contributed by atoms with van der Waals surface area (Å²) >= 11 is 1.56. The monoisotopic (exact) mass is 225 g/mol. The van der Waals surface area contributed by atoms with Gasteiger partial charge in [0.25, 0.3) is 0 Å². The first kappa shape index (κ1) is 10.6. The average Bonchev–Trinajstić information content (AvgIpc) is 2.85. The average molecular weight is 225 g/mol. The lowest BCUT2D eigenvalue weighted by molar-refractivity contribution is 0.112. The molecule has 0 saturated carbocycles. The predicted molar refractivity (Wildman–Crippen MR) is 62.0 cm³/mol. The smallest absolute Gasteiger partial charge is 0.160 e. The van der Waals surface area contributed by atoms with E-state index in [4.69, 9.17) is 4.74 Å². The largest absolute Gasteiger partial charge is 0.383 e. The molecule has 1 atom stereocenters. The molecule has 0 bridgehead atoms. The minimum atomic E-state index is 0.480. The third-order valence-electron chi connectivity index (χ3n) is 2.75. The number of ether oxygens (including phenoxy) is 1. The van der Waals surface area contributed by atoms with Gasteiger partial charge < -0.3 is 9.64 Å². The van der Waals surface area contributed by atoms with E-state index in [1.165, 1.54) is 17.8 Å². The highest BCUT2D eigenvalue weighted by Gasteiger charge is 2.25. The van der Waals surface area contributed by atoms with Crippen LogP contribution in [0.1, 0.15) is 22.5 Å². The van der Waals surface area contributed by atoms with Crippen LogP contribution in [0.5, 0.6) is 0 Å². The van der Waals surface area contributed by atoms with Crippen molar-refractivity contribution in [3.63, 3.8) is 0 Å². The Balaban J connectivity index is 2.11. The Morgan fingerprint density at radius 3 is 3.20 bits per heavy atom. The number of hydrogen-bond acceptors (Lipinski definition) is 4. The van der Waals surface area contributed by atoms with Crippen LogP contribution >= 0.6 is 11.3 Å². The summed E-state index contributed by atoms with van der Waals surface area (Å²) in [6.07, 6.45) is 3.31. The molecule has 0 spiro atoms. The maximum atomic E-state index is 10.6. The van der Waals surface area contributed by atoms with Gasteiger partial charge in [0.15, 0.2) is 6.29 Å².